The summed E-state index contributed by atoms with van der Waals surface area (Å²) < 4.78 is 4.87. The number of aryl methyl sites for hydroxylation is 1. The maximum absolute atomic E-state index is 11.4. The number of nitrogens with one attached hydrogen (secondary N) is 3. The van der Waals surface area contributed by atoms with Gasteiger partial charge in [0.05, 0.1) is 0 Å². The number of hydrogen-bond acceptors (Lipinski definition) is 4. The highest BCUT2D eigenvalue weighted by Crippen LogP contribution is 2.02. The summed E-state index contributed by atoms with van der Waals surface area (Å²) in [4.78, 5) is 15.1. The molecule has 6 nitrogen and oxygen atoms in total. The van der Waals surface area contributed by atoms with Crippen LogP contribution in [0.15, 0.2) is 10.8 Å². The van der Waals surface area contributed by atoms with Crippen molar-refractivity contribution >= 4 is 23.2 Å². The van der Waals surface area contributed by atoms with Crippen LogP contribution in [-0.4, -0.2) is 23.1 Å². The van der Waals surface area contributed by atoms with Crippen LogP contribution in [0.5, 0.6) is 0 Å². The highest BCUT2D eigenvalue weighted by Gasteiger charge is 2.12. The molecule has 0 saturated carbocycles. The lowest BCUT2D eigenvalue weighted by Gasteiger charge is -2.06. The van der Waals surface area contributed by atoms with Crippen LogP contribution in [-0.2, 0) is 0 Å². The molecule has 0 bridgehead atoms. The smallest absolute Gasteiger partial charge is 0.291 e. The second-order valence-electron chi connectivity index (χ2n) is 2.42. The third-order valence-electron chi connectivity index (χ3n) is 1.48. The van der Waals surface area contributed by atoms with E-state index in [1.54, 1.807) is 14.0 Å². The molecule has 0 aliphatic rings. The van der Waals surface area contributed by atoms with Gasteiger partial charge in [-0.25, -0.2) is 4.98 Å². The van der Waals surface area contributed by atoms with Gasteiger partial charge in [-0.1, -0.05) is 0 Å². The van der Waals surface area contributed by atoms with Gasteiger partial charge in [0, 0.05) is 7.05 Å². The second-order valence-corrected chi connectivity index (χ2v) is 2.82. The quantitative estimate of drug-likeness (QED) is 0.441. The molecule has 1 aromatic rings. The van der Waals surface area contributed by atoms with Crippen LogP contribution in [0.4, 0.5) is 0 Å². The van der Waals surface area contributed by atoms with Crippen LogP contribution < -0.4 is 16.2 Å². The van der Waals surface area contributed by atoms with Crippen LogP contribution in [0.1, 0.15) is 16.2 Å². The predicted molar refractivity (Wildman–Crippen MR) is 53.5 cm³/mol. The molecule has 0 saturated heterocycles. The van der Waals surface area contributed by atoms with Crippen LogP contribution in [0, 0.1) is 6.92 Å². The van der Waals surface area contributed by atoms with E-state index < -0.39 is 5.91 Å². The van der Waals surface area contributed by atoms with Crippen molar-refractivity contribution in [2.45, 2.75) is 6.92 Å². The molecular weight excluding hydrogens is 204 g/mol. The third-order valence-corrected chi connectivity index (χ3v) is 1.78. The number of oxazole rings is 1. The first-order valence-electron chi connectivity index (χ1n) is 3.83. The van der Waals surface area contributed by atoms with E-state index in [9.17, 15) is 4.79 Å². The van der Waals surface area contributed by atoms with Gasteiger partial charge < -0.3 is 9.73 Å². The van der Waals surface area contributed by atoms with E-state index >= 15 is 0 Å². The van der Waals surface area contributed by atoms with Gasteiger partial charge in [-0.3, -0.25) is 15.6 Å². The van der Waals surface area contributed by atoms with E-state index in [0.29, 0.717) is 10.9 Å². The SMILES string of the molecule is CNC(=S)NNC(=O)c1ncoc1C. The zero-order chi connectivity index (χ0) is 10.6. The topological polar surface area (TPSA) is 79.2 Å². The maximum atomic E-state index is 11.4. The van der Waals surface area contributed by atoms with Crippen molar-refractivity contribution in [3.8, 4) is 0 Å². The molecule has 76 valence electrons. The second kappa shape index (κ2) is 4.56. The third kappa shape index (κ3) is 2.43. The van der Waals surface area contributed by atoms with Crippen molar-refractivity contribution in [1.29, 1.82) is 0 Å². The summed E-state index contributed by atoms with van der Waals surface area (Å²) in [7, 11) is 1.64. The minimum atomic E-state index is -0.395. The minimum absolute atomic E-state index is 0.233. The van der Waals surface area contributed by atoms with Gasteiger partial charge in [0.25, 0.3) is 5.91 Å². The molecule has 1 amide bonds. The molecule has 0 aliphatic carbocycles. The Labute approximate surface area is 86.0 Å². The van der Waals surface area contributed by atoms with Gasteiger partial charge in [0.1, 0.15) is 5.76 Å². The molecule has 0 aromatic carbocycles. The van der Waals surface area contributed by atoms with Gasteiger partial charge in [-0.05, 0) is 19.1 Å². The number of nitrogens with zero attached hydrogens (tertiary/aromatic N) is 1. The molecule has 0 unspecified atom stereocenters. The minimum Gasteiger partial charge on any atom is -0.448 e. The predicted octanol–water partition coefficient (Wildman–Crippen LogP) is -0.278. The molecule has 14 heavy (non-hydrogen) atoms. The van der Waals surface area contributed by atoms with Crippen molar-refractivity contribution in [3.05, 3.63) is 17.8 Å². The molecule has 1 rings (SSSR count). The fourth-order valence-corrected chi connectivity index (χ4v) is 0.810. The molecule has 3 N–H and O–H groups in total. The van der Waals surface area contributed by atoms with E-state index in [4.69, 9.17) is 16.6 Å². The zero-order valence-corrected chi connectivity index (χ0v) is 8.57. The number of carbonyl (C=O) groups excluding carboxylic acids is 1. The Morgan fingerprint density at radius 2 is 2.29 bits per heavy atom. The number of aromatic nitrogens is 1. The average molecular weight is 214 g/mol. The van der Waals surface area contributed by atoms with Crippen molar-refractivity contribution < 1.29 is 9.21 Å². The van der Waals surface area contributed by atoms with Gasteiger partial charge in [-0.2, -0.15) is 0 Å². The van der Waals surface area contributed by atoms with Crippen LogP contribution in [0.2, 0.25) is 0 Å². The molecule has 0 radical (unpaired) electrons. The molecule has 7 heteroatoms. The fraction of sp³-hybridized carbons (Fsp3) is 0.286. The normalized spacial score (nSPS) is 9.29. The van der Waals surface area contributed by atoms with Gasteiger partial charge in [-0.15, -0.1) is 0 Å². The summed E-state index contributed by atoms with van der Waals surface area (Å²) in [5.74, 6) is 0.0635. The van der Waals surface area contributed by atoms with Crippen LogP contribution in [0.3, 0.4) is 0 Å². The van der Waals surface area contributed by atoms with Crippen molar-refractivity contribution in [2.75, 3.05) is 7.05 Å². The molecule has 0 spiro atoms. The van der Waals surface area contributed by atoms with Gasteiger partial charge in [0.2, 0.25) is 0 Å². The van der Waals surface area contributed by atoms with E-state index in [1.165, 1.54) is 6.39 Å². The first-order valence-corrected chi connectivity index (χ1v) is 4.24. The number of amides is 1. The summed E-state index contributed by atoms with van der Waals surface area (Å²) in [5.41, 5.74) is 5.08. The Kier molecular flexibility index (Phi) is 3.41. The standard InChI is InChI=1S/C7H10N4O2S/c1-4-5(9-3-13-4)6(12)10-11-7(14)8-2/h3H,1-2H3,(H,10,12)(H2,8,11,14). The highest BCUT2D eigenvalue weighted by atomic mass is 32.1. The van der Waals surface area contributed by atoms with Crippen molar-refractivity contribution in [2.24, 2.45) is 0 Å². The number of thiocarbonyl (C=S) groups is 1. The lowest BCUT2D eigenvalue weighted by atomic mass is 10.3. The number of carbonyl (C=O) groups is 1. The number of hydrogen-bond donors (Lipinski definition) is 3. The molecule has 0 atom stereocenters. The molecule has 1 heterocycles. The molecule has 0 aliphatic heterocycles. The maximum Gasteiger partial charge on any atom is 0.291 e. The number of hydrazine groups is 1. The van der Waals surface area contributed by atoms with E-state index in [2.05, 4.69) is 21.2 Å². The van der Waals surface area contributed by atoms with E-state index in [0.717, 1.165) is 0 Å². The molecular formula is C7H10N4O2S. The Morgan fingerprint density at radius 3 is 2.79 bits per heavy atom. The lowest BCUT2D eigenvalue weighted by molar-refractivity contribution is 0.0938. The van der Waals surface area contributed by atoms with Crippen LogP contribution >= 0.6 is 12.2 Å². The zero-order valence-electron chi connectivity index (χ0n) is 7.75. The fourth-order valence-electron chi connectivity index (χ4n) is 0.759. The summed E-state index contributed by atoms with van der Waals surface area (Å²) in [5, 5.41) is 2.96. The van der Waals surface area contributed by atoms with Crippen molar-refractivity contribution in [1.82, 2.24) is 21.2 Å². The van der Waals surface area contributed by atoms with Gasteiger partial charge in [0.15, 0.2) is 17.2 Å². The summed E-state index contributed by atoms with van der Waals surface area (Å²) in [6.07, 6.45) is 1.21. The Bertz CT molecular complexity index is 349. The largest absolute Gasteiger partial charge is 0.448 e. The van der Waals surface area contributed by atoms with Crippen molar-refractivity contribution in [3.63, 3.8) is 0 Å². The van der Waals surface area contributed by atoms with Crippen LogP contribution in [0.25, 0.3) is 0 Å². The van der Waals surface area contributed by atoms with E-state index in [1.807, 2.05) is 0 Å². The van der Waals surface area contributed by atoms with E-state index in [-0.39, 0.29) is 5.69 Å². The Balaban J connectivity index is 2.52. The summed E-state index contributed by atoms with van der Waals surface area (Å²) in [6, 6.07) is 0. The Morgan fingerprint density at radius 1 is 1.57 bits per heavy atom. The first kappa shape index (κ1) is 10.5. The summed E-state index contributed by atoms with van der Waals surface area (Å²) in [6.45, 7) is 1.65. The highest BCUT2D eigenvalue weighted by molar-refractivity contribution is 7.80. The lowest BCUT2D eigenvalue weighted by Crippen LogP contribution is -2.45. The number of rotatable bonds is 1. The Hall–Kier alpha value is -1.63. The average Bonchev–Trinajstić information content (AvgIpc) is 2.60. The monoisotopic (exact) mass is 214 g/mol. The summed E-state index contributed by atoms with van der Waals surface area (Å²) >= 11 is 4.76. The molecule has 0 fully saturated rings. The first-order chi connectivity index (χ1) is 6.65. The molecule has 1 aromatic heterocycles. The van der Waals surface area contributed by atoms with Gasteiger partial charge >= 0.3 is 0 Å².